The van der Waals surface area contributed by atoms with E-state index in [1.165, 1.54) is 19.1 Å². The quantitative estimate of drug-likeness (QED) is 0.271. The number of rotatable bonds is 5. The second kappa shape index (κ2) is 5.32. The van der Waals surface area contributed by atoms with Crippen LogP contribution in [0.4, 0.5) is 0 Å². The average Bonchev–Trinajstić information content (AvgIpc) is 2.05. The summed E-state index contributed by atoms with van der Waals surface area (Å²) in [4.78, 5) is 19.7. The van der Waals surface area contributed by atoms with Gasteiger partial charge in [0.2, 0.25) is 0 Å². The van der Waals surface area contributed by atoms with Gasteiger partial charge in [-0.2, -0.15) is 4.89 Å². The fraction of sp³-hybridized carbons (Fsp3) is 0.222. The minimum absolute atomic E-state index is 0.280. The zero-order valence-corrected chi connectivity index (χ0v) is 7.08. The van der Waals surface area contributed by atoms with Crippen molar-refractivity contribution in [3.8, 4) is 0 Å². The Morgan fingerprint density at radius 1 is 1.42 bits per heavy atom. The van der Waals surface area contributed by atoms with Crippen molar-refractivity contribution in [1.82, 2.24) is 0 Å². The van der Waals surface area contributed by atoms with Crippen LogP contribution in [0.2, 0.25) is 0 Å². The highest BCUT2D eigenvalue weighted by Gasteiger charge is 2.06. The van der Waals surface area contributed by atoms with Crippen molar-refractivity contribution in [2.75, 3.05) is 0 Å². The van der Waals surface area contributed by atoms with Crippen molar-refractivity contribution >= 4 is 5.97 Å². The van der Waals surface area contributed by atoms with E-state index in [2.05, 4.69) is 29.5 Å². The summed E-state index contributed by atoms with van der Waals surface area (Å²) in [5.74, 6) is -0.594. The van der Waals surface area contributed by atoms with Gasteiger partial charge in [0.1, 0.15) is 6.10 Å². The van der Waals surface area contributed by atoms with Crippen molar-refractivity contribution in [3.05, 3.63) is 37.5 Å². The zero-order valence-electron chi connectivity index (χ0n) is 7.08. The van der Waals surface area contributed by atoms with E-state index in [0.29, 0.717) is 0 Å². The van der Waals surface area contributed by atoms with E-state index in [0.717, 1.165) is 0 Å². The first-order chi connectivity index (χ1) is 5.61. The molecule has 0 N–H and O–H groups in total. The molecule has 0 aliphatic carbocycles. The van der Waals surface area contributed by atoms with Crippen LogP contribution >= 0.6 is 0 Å². The van der Waals surface area contributed by atoms with Crippen LogP contribution in [-0.2, 0) is 14.6 Å². The second-order valence-electron chi connectivity index (χ2n) is 2.18. The van der Waals surface area contributed by atoms with Crippen LogP contribution in [0.3, 0.4) is 0 Å². The topological polar surface area (TPSA) is 35.5 Å². The molecule has 0 radical (unpaired) electrons. The average molecular weight is 168 g/mol. The summed E-state index contributed by atoms with van der Waals surface area (Å²) >= 11 is 0. The summed E-state index contributed by atoms with van der Waals surface area (Å²) in [5, 5.41) is 0. The lowest BCUT2D eigenvalue weighted by Gasteiger charge is -2.06. The molecule has 3 heteroatoms. The predicted octanol–water partition coefficient (Wildman–Crippen LogP) is 1.78. The summed E-state index contributed by atoms with van der Waals surface area (Å²) in [5.41, 5.74) is 0.280. The molecule has 0 unspecified atom stereocenters. The molecular formula is C9H12O3. The van der Waals surface area contributed by atoms with Gasteiger partial charge in [0.25, 0.3) is 0 Å². The van der Waals surface area contributed by atoms with Crippen molar-refractivity contribution in [3.63, 3.8) is 0 Å². The van der Waals surface area contributed by atoms with E-state index in [1.54, 1.807) is 0 Å². The van der Waals surface area contributed by atoms with Crippen molar-refractivity contribution < 1.29 is 14.6 Å². The van der Waals surface area contributed by atoms with Crippen molar-refractivity contribution in [1.29, 1.82) is 0 Å². The molecule has 0 amide bonds. The maximum atomic E-state index is 10.8. The Balaban J connectivity index is 3.81. The number of hydrogen-bond acceptors (Lipinski definition) is 3. The molecule has 0 aromatic heterocycles. The third-order valence-electron chi connectivity index (χ3n) is 1.05. The van der Waals surface area contributed by atoms with Gasteiger partial charge in [0.15, 0.2) is 0 Å². The molecule has 0 saturated heterocycles. The molecular weight excluding hydrogens is 156 g/mol. The summed E-state index contributed by atoms with van der Waals surface area (Å²) in [6, 6.07) is 0. The Morgan fingerprint density at radius 3 is 2.25 bits per heavy atom. The summed E-state index contributed by atoms with van der Waals surface area (Å²) in [6.45, 7) is 11.8. The third-order valence-corrected chi connectivity index (χ3v) is 1.05. The van der Waals surface area contributed by atoms with E-state index >= 15 is 0 Å². The third kappa shape index (κ3) is 3.73. The van der Waals surface area contributed by atoms with E-state index < -0.39 is 12.1 Å². The van der Waals surface area contributed by atoms with Gasteiger partial charge in [-0.25, -0.2) is 4.79 Å². The van der Waals surface area contributed by atoms with E-state index in [1.807, 2.05) is 0 Å². The maximum absolute atomic E-state index is 10.8. The minimum atomic E-state index is -0.594. The lowest BCUT2D eigenvalue weighted by Crippen LogP contribution is -2.12. The van der Waals surface area contributed by atoms with E-state index in [4.69, 9.17) is 0 Å². The zero-order chi connectivity index (χ0) is 9.56. The molecule has 0 aromatic rings. The highest BCUT2D eigenvalue weighted by Crippen LogP contribution is 1.99. The van der Waals surface area contributed by atoms with E-state index in [9.17, 15) is 4.79 Å². The van der Waals surface area contributed by atoms with E-state index in [-0.39, 0.29) is 5.57 Å². The standard InChI is InChI=1S/C9H12O3/c1-5-8(6-2)11-12-9(10)7(3)4/h5-6,8H,1-3H2,4H3. The molecule has 0 aliphatic rings. The highest BCUT2D eigenvalue weighted by molar-refractivity contribution is 5.86. The minimum Gasteiger partial charge on any atom is -0.292 e. The Labute approximate surface area is 71.9 Å². The van der Waals surface area contributed by atoms with Crippen LogP contribution in [0.1, 0.15) is 6.92 Å². The number of carbonyl (C=O) groups excluding carboxylic acids is 1. The molecule has 66 valence electrons. The smallest absolute Gasteiger partial charge is 0.292 e. The van der Waals surface area contributed by atoms with Crippen LogP contribution in [0.25, 0.3) is 0 Å². The number of carbonyl (C=O) groups is 1. The largest absolute Gasteiger partial charge is 0.368 e. The van der Waals surface area contributed by atoms with Gasteiger partial charge in [0.05, 0.1) is 0 Å². The fourth-order valence-electron chi connectivity index (χ4n) is 0.345. The first-order valence-corrected chi connectivity index (χ1v) is 3.40. The van der Waals surface area contributed by atoms with Crippen molar-refractivity contribution in [2.24, 2.45) is 0 Å². The molecule has 0 saturated carbocycles. The van der Waals surface area contributed by atoms with Crippen LogP contribution in [-0.4, -0.2) is 12.1 Å². The van der Waals surface area contributed by atoms with Crippen LogP contribution in [0, 0.1) is 0 Å². The van der Waals surface area contributed by atoms with Crippen molar-refractivity contribution in [2.45, 2.75) is 13.0 Å². The molecule has 12 heavy (non-hydrogen) atoms. The molecule has 0 rings (SSSR count). The Hall–Kier alpha value is -1.35. The van der Waals surface area contributed by atoms with Gasteiger partial charge in [-0.15, -0.1) is 13.2 Å². The molecule has 0 fully saturated rings. The molecule has 0 aliphatic heterocycles. The molecule has 0 heterocycles. The Bertz CT molecular complexity index is 198. The van der Waals surface area contributed by atoms with Crippen LogP contribution in [0.5, 0.6) is 0 Å². The molecule has 0 bridgehead atoms. The summed E-state index contributed by atoms with van der Waals surface area (Å²) < 4.78 is 0. The highest BCUT2D eigenvalue weighted by atomic mass is 17.2. The SMILES string of the molecule is C=CC(C=C)OOC(=O)C(=C)C. The molecule has 0 atom stereocenters. The molecule has 0 aromatic carbocycles. The first kappa shape index (κ1) is 10.7. The first-order valence-electron chi connectivity index (χ1n) is 3.40. The summed E-state index contributed by atoms with van der Waals surface area (Å²) in [6.07, 6.45) is 2.44. The maximum Gasteiger partial charge on any atom is 0.368 e. The van der Waals surface area contributed by atoms with Gasteiger partial charge < -0.3 is 0 Å². The normalized spacial score (nSPS) is 9.17. The van der Waals surface area contributed by atoms with Crippen LogP contribution < -0.4 is 0 Å². The second-order valence-corrected chi connectivity index (χ2v) is 2.18. The molecule has 0 spiro atoms. The number of hydrogen-bond donors (Lipinski definition) is 0. The Kier molecular flexibility index (Phi) is 4.72. The van der Waals surface area contributed by atoms with Crippen LogP contribution in [0.15, 0.2) is 37.5 Å². The predicted molar refractivity (Wildman–Crippen MR) is 46.2 cm³/mol. The summed E-state index contributed by atoms with van der Waals surface area (Å²) in [7, 11) is 0. The lowest BCUT2D eigenvalue weighted by atomic mass is 10.3. The van der Waals surface area contributed by atoms with Gasteiger partial charge >= 0.3 is 5.97 Å². The Morgan fingerprint density at radius 2 is 1.92 bits per heavy atom. The lowest BCUT2D eigenvalue weighted by molar-refractivity contribution is -0.276. The van der Waals surface area contributed by atoms with Gasteiger partial charge in [0, 0.05) is 5.57 Å². The molecule has 3 nitrogen and oxygen atoms in total. The van der Waals surface area contributed by atoms with Gasteiger partial charge in [-0.1, -0.05) is 18.7 Å². The van der Waals surface area contributed by atoms with Gasteiger partial charge in [-0.3, -0.25) is 4.89 Å². The monoisotopic (exact) mass is 168 g/mol. The fourth-order valence-corrected chi connectivity index (χ4v) is 0.345. The van der Waals surface area contributed by atoms with Gasteiger partial charge in [-0.05, 0) is 6.92 Å².